The number of ether oxygens (including phenoxy) is 2. The highest BCUT2D eigenvalue weighted by Gasteiger charge is 2.27. The van der Waals surface area contributed by atoms with Gasteiger partial charge in [0.05, 0.1) is 0 Å². The third kappa shape index (κ3) is 2.35. The van der Waals surface area contributed by atoms with Crippen LogP contribution in [0.25, 0.3) is 0 Å². The van der Waals surface area contributed by atoms with E-state index in [0.717, 1.165) is 12.1 Å². The maximum absolute atomic E-state index is 13.5. The Hall–Kier alpha value is -3.02. The molecule has 0 radical (unpaired) electrons. The van der Waals surface area contributed by atoms with Crippen molar-refractivity contribution in [2.24, 2.45) is 0 Å². The Bertz CT molecular complexity index is 835. The monoisotopic (exact) mass is 302 g/mol. The Morgan fingerprint density at radius 1 is 0.636 bits per heavy atom. The molecule has 0 amide bonds. The molecule has 0 unspecified atom stereocenters. The summed E-state index contributed by atoms with van der Waals surface area (Å²) in [5.41, 5.74) is -1.90. The average molecular weight is 302 g/mol. The van der Waals surface area contributed by atoms with Crippen molar-refractivity contribution < 1.29 is 18.3 Å². The van der Waals surface area contributed by atoms with Crippen LogP contribution in [0.1, 0.15) is 0 Å². The summed E-state index contributed by atoms with van der Waals surface area (Å²) < 4.78 is 37.2. The fourth-order valence-corrected chi connectivity index (χ4v) is 1.81. The van der Waals surface area contributed by atoms with E-state index >= 15 is 0 Å². The highest BCUT2D eigenvalue weighted by molar-refractivity contribution is 5.50. The van der Waals surface area contributed by atoms with Crippen molar-refractivity contribution in [3.8, 4) is 23.0 Å². The summed E-state index contributed by atoms with van der Waals surface area (Å²) in [6.45, 7) is 0. The van der Waals surface area contributed by atoms with E-state index in [0.29, 0.717) is 0 Å². The van der Waals surface area contributed by atoms with Gasteiger partial charge in [-0.15, -0.1) is 0 Å². The second-order valence-corrected chi connectivity index (χ2v) is 4.38. The van der Waals surface area contributed by atoms with E-state index in [1.54, 1.807) is 0 Å². The van der Waals surface area contributed by atoms with E-state index in [1.807, 2.05) is 0 Å². The van der Waals surface area contributed by atoms with Crippen LogP contribution in [0.5, 0.6) is 23.0 Å². The lowest BCUT2D eigenvalue weighted by Gasteiger charge is -2.13. The number of para-hydroxylation sites is 2. The second-order valence-electron chi connectivity index (χ2n) is 4.38. The third-order valence-corrected chi connectivity index (χ3v) is 2.92. The minimum atomic E-state index is -0.949. The van der Waals surface area contributed by atoms with Gasteiger partial charge in [-0.1, -0.05) is 24.3 Å². The molecule has 0 N–H and O–H groups in total. The van der Waals surface area contributed by atoms with Crippen LogP contribution < -0.4 is 20.3 Å². The summed E-state index contributed by atoms with van der Waals surface area (Å²) in [5.74, 6) is -2.75. The number of halogens is 2. The van der Waals surface area contributed by atoms with Crippen molar-refractivity contribution >= 4 is 0 Å². The molecule has 0 saturated heterocycles. The Balaban J connectivity index is 1.93. The molecule has 0 bridgehead atoms. The smallest absolute Gasteiger partial charge is 0.276 e. The summed E-state index contributed by atoms with van der Waals surface area (Å²) in [6, 6.07) is 10.7. The molecule has 0 aliphatic heterocycles. The van der Waals surface area contributed by atoms with Crippen molar-refractivity contribution in [3.63, 3.8) is 0 Å². The van der Waals surface area contributed by atoms with Crippen LogP contribution in [0, 0.1) is 11.6 Å². The van der Waals surface area contributed by atoms with Gasteiger partial charge in [0.15, 0.2) is 23.1 Å². The van der Waals surface area contributed by atoms with Gasteiger partial charge >= 0.3 is 0 Å². The summed E-state index contributed by atoms with van der Waals surface area (Å²) in [6.07, 6.45) is 0. The molecule has 22 heavy (non-hydrogen) atoms. The summed E-state index contributed by atoms with van der Waals surface area (Å²) in [7, 11) is 0. The Labute approximate surface area is 122 Å². The highest BCUT2D eigenvalue weighted by Crippen LogP contribution is 2.32. The van der Waals surface area contributed by atoms with Gasteiger partial charge in [-0.05, 0) is 24.3 Å². The summed E-state index contributed by atoms with van der Waals surface area (Å²) in [4.78, 5) is 23.1. The molecule has 0 atom stereocenters. The maximum Gasteiger partial charge on any atom is 0.276 e. The van der Waals surface area contributed by atoms with Crippen LogP contribution in [-0.2, 0) is 0 Å². The summed E-state index contributed by atoms with van der Waals surface area (Å²) >= 11 is 0. The molecule has 0 spiro atoms. The molecule has 0 saturated carbocycles. The maximum atomic E-state index is 13.5. The van der Waals surface area contributed by atoms with E-state index in [-0.39, 0.29) is 11.5 Å². The van der Waals surface area contributed by atoms with E-state index in [4.69, 9.17) is 9.47 Å². The lowest BCUT2D eigenvalue weighted by molar-refractivity contribution is 0.375. The minimum absolute atomic E-state index is 0.229. The van der Waals surface area contributed by atoms with Crippen LogP contribution in [0.15, 0.2) is 58.1 Å². The lowest BCUT2D eigenvalue weighted by atomic mass is 10.2. The molecule has 4 nitrogen and oxygen atoms in total. The molecule has 0 aliphatic carbocycles. The van der Waals surface area contributed by atoms with E-state index in [9.17, 15) is 18.4 Å². The van der Waals surface area contributed by atoms with Crippen LogP contribution in [-0.4, -0.2) is 0 Å². The first kappa shape index (κ1) is 13.9. The number of benzene rings is 2. The minimum Gasteiger partial charge on any atom is -0.446 e. The van der Waals surface area contributed by atoms with Gasteiger partial charge < -0.3 is 9.47 Å². The van der Waals surface area contributed by atoms with Crippen LogP contribution >= 0.6 is 0 Å². The van der Waals surface area contributed by atoms with Gasteiger partial charge in [-0.25, -0.2) is 8.78 Å². The Morgan fingerprint density at radius 3 is 1.36 bits per heavy atom. The first-order valence-electron chi connectivity index (χ1n) is 6.26. The zero-order valence-corrected chi connectivity index (χ0v) is 11.0. The fraction of sp³-hybridized carbons (Fsp3) is 0. The molecule has 0 aliphatic rings. The number of hydrogen-bond acceptors (Lipinski definition) is 4. The van der Waals surface area contributed by atoms with Crippen LogP contribution in [0.4, 0.5) is 8.78 Å². The largest absolute Gasteiger partial charge is 0.446 e. The SMILES string of the molecule is O=c1c(Oc2ccccc2F)c(Oc2ccccc2F)c1=O. The van der Waals surface area contributed by atoms with Crippen molar-refractivity contribution in [1.82, 2.24) is 0 Å². The molecule has 3 rings (SSSR count). The predicted octanol–water partition coefficient (Wildman–Crippen LogP) is 3.15. The van der Waals surface area contributed by atoms with E-state index < -0.39 is 34.0 Å². The van der Waals surface area contributed by atoms with Crippen molar-refractivity contribution in [3.05, 3.63) is 80.6 Å². The predicted molar refractivity (Wildman–Crippen MR) is 74.3 cm³/mol. The molecule has 6 heteroatoms. The first-order valence-corrected chi connectivity index (χ1v) is 6.26. The highest BCUT2D eigenvalue weighted by atomic mass is 19.1. The standard InChI is InChI=1S/C16H8F2O4/c17-9-5-1-3-7-11(9)21-15-13(19)14(20)16(15)22-12-8-4-2-6-10(12)18/h1-8H. The summed E-state index contributed by atoms with van der Waals surface area (Å²) in [5, 5.41) is 0. The topological polar surface area (TPSA) is 52.6 Å². The van der Waals surface area contributed by atoms with Crippen LogP contribution in [0.2, 0.25) is 0 Å². The molecule has 0 fully saturated rings. The second kappa shape index (κ2) is 5.40. The zero-order chi connectivity index (χ0) is 15.7. The van der Waals surface area contributed by atoms with Gasteiger partial charge in [0.1, 0.15) is 0 Å². The number of hydrogen-bond donors (Lipinski definition) is 0. The van der Waals surface area contributed by atoms with Gasteiger partial charge in [-0.2, -0.15) is 0 Å². The average Bonchev–Trinajstić information content (AvgIpc) is 2.53. The first-order chi connectivity index (χ1) is 10.6. The molecule has 0 aromatic heterocycles. The van der Waals surface area contributed by atoms with Gasteiger partial charge in [0, 0.05) is 0 Å². The molecular formula is C16H8F2O4. The lowest BCUT2D eigenvalue weighted by Crippen LogP contribution is -2.32. The Morgan fingerprint density at radius 2 is 1.00 bits per heavy atom. The van der Waals surface area contributed by atoms with Crippen molar-refractivity contribution in [2.45, 2.75) is 0 Å². The fourth-order valence-electron chi connectivity index (χ4n) is 1.81. The molecule has 110 valence electrons. The quantitative estimate of drug-likeness (QED) is 0.695. The van der Waals surface area contributed by atoms with E-state index in [1.165, 1.54) is 36.4 Å². The van der Waals surface area contributed by atoms with Gasteiger partial charge in [0.25, 0.3) is 10.9 Å². The van der Waals surface area contributed by atoms with Gasteiger partial charge in [-0.3, -0.25) is 9.59 Å². The normalized spacial score (nSPS) is 10.6. The van der Waals surface area contributed by atoms with Crippen molar-refractivity contribution in [1.29, 1.82) is 0 Å². The molecule has 3 aromatic rings. The molecule has 3 aromatic carbocycles. The van der Waals surface area contributed by atoms with Crippen molar-refractivity contribution in [2.75, 3.05) is 0 Å². The molecule has 0 heterocycles. The van der Waals surface area contributed by atoms with Gasteiger partial charge in [0.2, 0.25) is 11.5 Å². The van der Waals surface area contributed by atoms with Crippen LogP contribution in [0.3, 0.4) is 0 Å². The Kier molecular flexibility index (Phi) is 3.42. The molecular weight excluding hydrogens is 294 g/mol. The third-order valence-electron chi connectivity index (χ3n) is 2.92. The zero-order valence-electron chi connectivity index (χ0n) is 11.0. The number of rotatable bonds is 4. The van der Waals surface area contributed by atoms with E-state index in [2.05, 4.69) is 0 Å².